The maximum Gasteiger partial charge on any atom is 0.163 e. The lowest BCUT2D eigenvalue weighted by molar-refractivity contribution is 0.273. The largest absolute Gasteiger partial charge is 0.354 e. The van der Waals surface area contributed by atoms with Crippen molar-refractivity contribution in [1.82, 2.24) is 24.6 Å². The van der Waals surface area contributed by atoms with Crippen LogP contribution in [-0.4, -0.2) is 56.9 Å². The molecule has 20 heavy (non-hydrogen) atoms. The Morgan fingerprint density at radius 1 is 1.15 bits per heavy atom. The van der Waals surface area contributed by atoms with Gasteiger partial charge in [-0.05, 0) is 25.8 Å². The Kier molecular flexibility index (Phi) is 2.84. The van der Waals surface area contributed by atoms with E-state index in [0.717, 1.165) is 29.9 Å². The molecule has 2 aromatic rings. The van der Waals surface area contributed by atoms with Gasteiger partial charge in [-0.15, -0.1) is 0 Å². The second kappa shape index (κ2) is 4.70. The van der Waals surface area contributed by atoms with Gasteiger partial charge in [0.05, 0.1) is 11.6 Å². The molecule has 4 rings (SSSR count). The fraction of sp³-hybridized carbons (Fsp3) is 0.643. The minimum absolute atomic E-state index is 0.694. The molecule has 0 N–H and O–H groups in total. The topological polar surface area (TPSA) is 50.1 Å². The third kappa shape index (κ3) is 1.86. The molecule has 1 unspecified atom stereocenters. The lowest BCUT2D eigenvalue weighted by Gasteiger charge is -2.26. The van der Waals surface area contributed by atoms with E-state index in [-0.39, 0.29) is 0 Å². The van der Waals surface area contributed by atoms with Gasteiger partial charge in [0.2, 0.25) is 0 Å². The Labute approximate surface area is 118 Å². The van der Waals surface area contributed by atoms with Gasteiger partial charge < -0.3 is 4.90 Å². The third-order valence-corrected chi connectivity index (χ3v) is 4.61. The molecule has 0 aromatic carbocycles. The summed E-state index contributed by atoms with van der Waals surface area (Å²) in [6.45, 7) is 4.65. The van der Waals surface area contributed by atoms with E-state index in [2.05, 4.69) is 24.9 Å². The van der Waals surface area contributed by atoms with E-state index in [4.69, 9.17) is 0 Å². The van der Waals surface area contributed by atoms with E-state index < -0.39 is 0 Å². The monoisotopic (exact) mass is 272 g/mol. The normalized spacial score (nSPS) is 24.1. The molecular formula is C14H20N6. The van der Waals surface area contributed by atoms with Crippen molar-refractivity contribution in [2.45, 2.75) is 25.3 Å². The van der Waals surface area contributed by atoms with Gasteiger partial charge in [-0.2, -0.15) is 5.10 Å². The second-order valence-electron chi connectivity index (χ2n) is 5.83. The first-order valence-electron chi connectivity index (χ1n) is 7.44. The summed E-state index contributed by atoms with van der Waals surface area (Å²) in [7, 11) is 1.93. The number of anilines is 1. The Hall–Kier alpha value is -1.69. The van der Waals surface area contributed by atoms with Crippen LogP contribution in [-0.2, 0) is 7.05 Å². The average Bonchev–Trinajstić information content (AvgIpc) is 3.01. The second-order valence-corrected chi connectivity index (χ2v) is 5.83. The molecule has 1 atom stereocenters. The maximum absolute atomic E-state index is 4.54. The third-order valence-electron chi connectivity index (χ3n) is 4.61. The Morgan fingerprint density at radius 2 is 2.05 bits per heavy atom. The zero-order valence-corrected chi connectivity index (χ0v) is 11.9. The molecule has 0 bridgehead atoms. The van der Waals surface area contributed by atoms with Gasteiger partial charge in [0.25, 0.3) is 0 Å². The molecule has 2 aliphatic heterocycles. The van der Waals surface area contributed by atoms with Crippen LogP contribution >= 0.6 is 0 Å². The lowest BCUT2D eigenvalue weighted by Crippen LogP contribution is -2.37. The van der Waals surface area contributed by atoms with Crippen molar-refractivity contribution >= 4 is 16.9 Å². The Balaban J connectivity index is 1.71. The molecule has 0 aliphatic carbocycles. The standard InChI is InChI=1S/C14H20N6/c1-18-13-12(8-17-18)14(16-10-15-13)20-7-3-6-19-5-2-4-11(19)9-20/h8,10-11H,2-7,9H2,1H3. The molecule has 4 heterocycles. The van der Waals surface area contributed by atoms with E-state index in [9.17, 15) is 0 Å². The van der Waals surface area contributed by atoms with E-state index >= 15 is 0 Å². The summed E-state index contributed by atoms with van der Waals surface area (Å²) in [4.78, 5) is 14.0. The van der Waals surface area contributed by atoms with Crippen LogP contribution in [0.3, 0.4) is 0 Å². The lowest BCUT2D eigenvalue weighted by atomic mass is 10.2. The molecule has 106 valence electrons. The highest BCUT2D eigenvalue weighted by molar-refractivity contribution is 5.86. The molecule has 2 aromatic heterocycles. The first kappa shape index (κ1) is 12.1. The van der Waals surface area contributed by atoms with Crippen LogP contribution < -0.4 is 4.90 Å². The van der Waals surface area contributed by atoms with E-state index in [1.807, 2.05) is 17.9 Å². The number of aromatic nitrogens is 4. The summed E-state index contributed by atoms with van der Waals surface area (Å²) in [6.07, 6.45) is 7.42. The van der Waals surface area contributed by atoms with E-state index in [0.29, 0.717) is 6.04 Å². The van der Waals surface area contributed by atoms with Crippen LogP contribution in [0.25, 0.3) is 11.0 Å². The molecule has 0 saturated carbocycles. The summed E-state index contributed by atoms with van der Waals surface area (Å²) >= 11 is 0. The van der Waals surface area contributed by atoms with Crippen LogP contribution in [0.2, 0.25) is 0 Å². The van der Waals surface area contributed by atoms with Crippen LogP contribution in [0, 0.1) is 0 Å². The highest BCUT2D eigenvalue weighted by Gasteiger charge is 2.29. The van der Waals surface area contributed by atoms with Gasteiger partial charge in [0, 0.05) is 32.7 Å². The fourth-order valence-corrected chi connectivity index (χ4v) is 3.60. The number of fused-ring (bicyclic) bond motifs is 2. The van der Waals surface area contributed by atoms with Gasteiger partial charge in [-0.25, -0.2) is 9.97 Å². The maximum atomic E-state index is 4.54. The van der Waals surface area contributed by atoms with Crippen molar-refractivity contribution in [3.05, 3.63) is 12.5 Å². The van der Waals surface area contributed by atoms with Crippen LogP contribution in [0.1, 0.15) is 19.3 Å². The van der Waals surface area contributed by atoms with Crippen molar-refractivity contribution in [1.29, 1.82) is 0 Å². The Bertz CT molecular complexity index is 621. The predicted octanol–water partition coefficient (Wildman–Crippen LogP) is 1.04. The average molecular weight is 272 g/mol. The van der Waals surface area contributed by atoms with E-state index in [1.54, 1.807) is 6.33 Å². The first-order chi connectivity index (χ1) is 9.83. The minimum Gasteiger partial charge on any atom is -0.354 e. The molecule has 2 fully saturated rings. The SMILES string of the molecule is Cn1ncc2c(N3CCCN4CCCC4C3)ncnc21. The fourth-order valence-electron chi connectivity index (χ4n) is 3.60. The van der Waals surface area contributed by atoms with Crippen molar-refractivity contribution in [3.63, 3.8) is 0 Å². The van der Waals surface area contributed by atoms with Crippen LogP contribution in [0.15, 0.2) is 12.5 Å². The molecule has 6 heteroatoms. The summed E-state index contributed by atoms with van der Waals surface area (Å²) in [5.41, 5.74) is 0.919. The van der Waals surface area contributed by atoms with E-state index in [1.165, 1.54) is 32.4 Å². The number of hydrogen-bond donors (Lipinski definition) is 0. The van der Waals surface area contributed by atoms with Gasteiger partial charge in [-0.3, -0.25) is 9.58 Å². The van der Waals surface area contributed by atoms with Crippen molar-refractivity contribution < 1.29 is 0 Å². The summed E-state index contributed by atoms with van der Waals surface area (Å²) < 4.78 is 1.82. The molecule has 0 radical (unpaired) electrons. The zero-order valence-electron chi connectivity index (χ0n) is 11.9. The van der Waals surface area contributed by atoms with Crippen molar-refractivity contribution in [3.8, 4) is 0 Å². The Morgan fingerprint density at radius 3 is 3.00 bits per heavy atom. The number of nitrogens with zero attached hydrogens (tertiary/aromatic N) is 6. The molecular weight excluding hydrogens is 252 g/mol. The number of aryl methyl sites for hydroxylation is 1. The summed E-state index contributed by atoms with van der Waals surface area (Å²) in [5, 5.41) is 5.39. The number of hydrogen-bond acceptors (Lipinski definition) is 5. The highest BCUT2D eigenvalue weighted by atomic mass is 15.3. The molecule has 2 aliphatic rings. The smallest absolute Gasteiger partial charge is 0.163 e. The van der Waals surface area contributed by atoms with Gasteiger partial charge in [0.15, 0.2) is 5.65 Å². The summed E-state index contributed by atoms with van der Waals surface area (Å²) in [6, 6.07) is 0.694. The van der Waals surface area contributed by atoms with Crippen molar-refractivity contribution in [2.75, 3.05) is 31.1 Å². The quantitative estimate of drug-likeness (QED) is 0.776. The predicted molar refractivity (Wildman–Crippen MR) is 77.7 cm³/mol. The molecule has 0 spiro atoms. The van der Waals surface area contributed by atoms with Gasteiger partial charge in [0.1, 0.15) is 12.1 Å². The zero-order chi connectivity index (χ0) is 13.5. The molecule has 2 saturated heterocycles. The van der Waals surface area contributed by atoms with Gasteiger partial charge in [-0.1, -0.05) is 0 Å². The molecule has 0 amide bonds. The summed E-state index contributed by atoms with van der Waals surface area (Å²) in [5.74, 6) is 1.05. The number of rotatable bonds is 1. The molecule has 6 nitrogen and oxygen atoms in total. The first-order valence-corrected chi connectivity index (χ1v) is 7.44. The highest BCUT2D eigenvalue weighted by Crippen LogP contribution is 2.27. The van der Waals surface area contributed by atoms with Gasteiger partial charge >= 0.3 is 0 Å². The van der Waals surface area contributed by atoms with Crippen molar-refractivity contribution in [2.24, 2.45) is 7.05 Å². The van der Waals surface area contributed by atoms with Crippen LogP contribution in [0.5, 0.6) is 0 Å². The minimum atomic E-state index is 0.694. The van der Waals surface area contributed by atoms with Crippen LogP contribution in [0.4, 0.5) is 5.82 Å².